The highest BCUT2D eigenvalue weighted by molar-refractivity contribution is 7.92. The van der Waals surface area contributed by atoms with Crippen molar-refractivity contribution < 1.29 is 22.7 Å². The largest absolute Gasteiger partial charge is 0.494 e. The lowest BCUT2D eigenvalue weighted by Gasteiger charge is -2.34. The summed E-state index contributed by atoms with van der Waals surface area (Å²) in [6.07, 6.45) is 0.229. The van der Waals surface area contributed by atoms with Crippen LogP contribution in [0.25, 0.3) is 0 Å². The lowest BCUT2D eigenvalue weighted by atomic mass is 10.0. The van der Waals surface area contributed by atoms with E-state index < -0.39 is 28.5 Å². The van der Waals surface area contributed by atoms with Crippen LogP contribution in [0.3, 0.4) is 0 Å². The summed E-state index contributed by atoms with van der Waals surface area (Å²) in [5.41, 5.74) is 2.74. The Morgan fingerprint density at radius 3 is 2.16 bits per heavy atom. The van der Waals surface area contributed by atoms with Gasteiger partial charge in [0.2, 0.25) is 11.8 Å². The van der Waals surface area contributed by atoms with E-state index >= 15 is 0 Å². The normalized spacial score (nSPS) is 11.8. The van der Waals surface area contributed by atoms with Crippen molar-refractivity contribution in [3.8, 4) is 5.75 Å². The van der Waals surface area contributed by atoms with Crippen LogP contribution in [0.2, 0.25) is 5.02 Å². The average molecular weight is 648 g/mol. The summed E-state index contributed by atoms with van der Waals surface area (Å²) >= 11 is 6.29. The van der Waals surface area contributed by atoms with E-state index in [1.165, 1.54) is 17.0 Å². The highest BCUT2D eigenvalue weighted by Gasteiger charge is 2.34. The van der Waals surface area contributed by atoms with Gasteiger partial charge in [0.15, 0.2) is 0 Å². The number of carbonyl (C=O) groups is 2. The molecule has 45 heavy (non-hydrogen) atoms. The number of carbonyl (C=O) groups excluding carboxylic acids is 2. The predicted octanol–water partition coefficient (Wildman–Crippen LogP) is 6.02. The van der Waals surface area contributed by atoms with Crippen molar-refractivity contribution in [1.29, 1.82) is 0 Å². The molecule has 236 valence electrons. The van der Waals surface area contributed by atoms with Crippen LogP contribution in [0, 0.1) is 6.92 Å². The number of nitrogens with zero attached hydrogens (tertiary/aromatic N) is 2. The fourth-order valence-corrected chi connectivity index (χ4v) is 6.55. The number of aryl methyl sites for hydroxylation is 1. The number of rotatable bonds is 14. The first-order valence-corrected chi connectivity index (χ1v) is 16.6. The number of hydrogen-bond acceptors (Lipinski definition) is 5. The monoisotopic (exact) mass is 647 g/mol. The van der Waals surface area contributed by atoms with Gasteiger partial charge in [-0.15, -0.1) is 0 Å². The first kappa shape index (κ1) is 33.6. The van der Waals surface area contributed by atoms with Gasteiger partial charge in [0.1, 0.15) is 18.3 Å². The second kappa shape index (κ2) is 15.6. The van der Waals surface area contributed by atoms with Gasteiger partial charge in [-0.1, -0.05) is 71.8 Å². The van der Waals surface area contributed by atoms with Crippen LogP contribution < -0.4 is 14.4 Å². The minimum Gasteiger partial charge on any atom is -0.494 e. The molecule has 0 unspecified atom stereocenters. The molecule has 0 fully saturated rings. The number of benzene rings is 4. The van der Waals surface area contributed by atoms with Gasteiger partial charge in [-0.05, 0) is 80.4 Å². The maximum Gasteiger partial charge on any atom is 0.264 e. The standard InChI is InChI=1S/C35H38ClN3O5S/c1-4-37-35(41)33(23-27-10-7-6-8-11-27)38(24-28-12-9-13-29(36)22-28)34(40)25-39(30-16-18-31(19-17-30)44-5-2)45(42,43)32-20-14-26(3)15-21-32/h6-22,33H,4-5,23-25H2,1-3H3,(H,37,41)/t33-/m0/s1. The number of likely N-dealkylation sites (N-methyl/N-ethyl adjacent to an activating group) is 1. The predicted molar refractivity (Wildman–Crippen MR) is 178 cm³/mol. The Kier molecular flexibility index (Phi) is 11.6. The first-order chi connectivity index (χ1) is 21.6. The molecule has 0 aliphatic heterocycles. The van der Waals surface area contributed by atoms with Gasteiger partial charge in [0.25, 0.3) is 10.0 Å². The van der Waals surface area contributed by atoms with E-state index in [1.54, 1.807) is 54.6 Å². The number of halogens is 1. The van der Waals surface area contributed by atoms with Crippen molar-refractivity contribution in [3.05, 3.63) is 125 Å². The Balaban J connectivity index is 1.79. The SMILES string of the molecule is CCNC(=O)[C@H](Cc1ccccc1)N(Cc1cccc(Cl)c1)C(=O)CN(c1ccc(OCC)cc1)S(=O)(=O)c1ccc(C)cc1. The third-order valence-corrected chi connectivity index (χ3v) is 9.21. The van der Waals surface area contributed by atoms with Gasteiger partial charge in [-0.25, -0.2) is 8.42 Å². The number of sulfonamides is 1. The lowest BCUT2D eigenvalue weighted by molar-refractivity contribution is -0.140. The zero-order valence-electron chi connectivity index (χ0n) is 25.6. The number of ether oxygens (including phenoxy) is 1. The van der Waals surface area contributed by atoms with Gasteiger partial charge < -0.3 is 15.0 Å². The molecule has 0 bridgehead atoms. The summed E-state index contributed by atoms with van der Waals surface area (Å²) in [5, 5.41) is 3.34. The Morgan fingerprint density at radius 1 is 0.867 bits per heavy atom. The molecule has 4 rings (SSSR count). The number of amides is 2. The lowest BCUT2D eigenvalue weighted by Crippen LogP contribution is -2.53. The zero-order chi connectivity index (χ0) is 32.4. The molecule has 4 aromatic carbocycles. The smallest absolute Gasteiger partial charge is 0.264 e. The molecule has 4 aromatic rings. The quantitative estimate of drug-likeness (QED) is 0.181. The fraction of sp³-hybridized carbons (Fsp3) is 0.257. The summed E-state index contributed by atoms with van der Waals surface area (Å²) in [6.45, 7) is 5.84. The molecule has 0 spiro atoms. The molecule has 0 aromatic heterocycles. The second-order valence-corrected chi connectivity index (χ2v) is 12.8. The van der Waals surface area contributed by atoms with Crippen molar-refractivity contribution >= 4 is 39.1 Å². The van der Waals surface area contributed by atoms with Gasteiger partial charge in [0, 0.05) is 24.5 Å². The van der Waals surface area contributed by atoms with E-state index in [4.69, 9.17) is 16.3 Å². The van der Waals surface area contributed by atoms with E-state index in [9.17, 15) is 18.0 Å². The maximum atomic E-state index is 14.4. The van der Waals surface area contributed by atoms with E-state index in [0.717, 1.165) is 15.4 Å². The third kappa shape index (κ3) is 8.86. The van der Waals surface area contributed by atoms with Crippen LogP contribution in [0.1, 0.15) is 30.5 Å². The van der Waals surface area contributed by atoms with Crippen molar-refractivity contribution in [2.45, 2.75) is 44.7 Å². The van der Waals surface area contributed by atoms with Crippen LogP contribution in [0.15, 0.2) is 108 Å². The molecule has 0 heterocycles. The fourth-order valence-electron chi connectivity index (χ4n) is 4.92. The Bertz CT molecular complexity index is 1680. The Hall–Kier alpha value is -4.34. The summed E-state index contributed by atoms with van der Waals surface area (Å²) in [4.78, 5) is 29.5. The molecule has 1 atom stereocenters. The highest BCUT2D eigenvalue weighted by Crippen LogP contribution is 2.27. The van der Waals surface area contributed by atoms with E-state index in [2.05, 4.69) is 5.32 Å². The summed E-state index contributed by atoms with van der Waals surface area (Å²) < 4.78 is 34.9. The topological polar surface area (TPSA) is 96.0 Å². The summed E-state index contributed by atoms with van der Waals surface area (Å²) in [5.74, 6) is -0.320. The van der Waals surface area contributed by atoms with Crippen LogP contribution in [0.5, 0.6) is 5.75 Å². The minimum atomic E-state index is -4.20. The average Bonchev–Trinajstić information content (AvgIpc) is 3.03. The molecular weight excluding hydrogens is 610 g/mol. The van der Waals surface area contributed by atoms with E-state index in [0.29, 0.717) is 29.5 Å². The molecule has 0 saturated heterocycles. The highest BCUT2D eigenvalue weighted by atomic mass is 35.5. The van der Waals surface area contributed by atoms with Gasteiger partial charge in [-0.3, -0.25) is 13.9 Å². The number of hydrogen-bond donors (Lipinski definition) is 1. The van der Waals surface area contributed by atoms with Crippen molar-refractivity contribution in [2.24, 2.45) is 0 Å². The third-order valence-electron chi connectivity index (χ3n) is 7.19. The van der Waals surface area contributed by atoms with Crippen LogP contribution in [0.4, 0.5) is 5.69 Å². The molecule has 0 saturated carbocycles. The molecule has 0 aliphatic rings. The first-order valence-electron chi connectivity index (χ1n) is 14.8. The summed E-state index contributed by atoms with van der Waals surface area (Å²) in [7, 11) is -4.20. The van der Waals surface area contributed by atoms with Gasteiger partial charge >= 0.3 is 0 Å². The molecule has 0 radical (unpaired) electrons. The molecule has 10 heteroatoms. The van der Waals surface area contributed by atoms with Crippen molar-refractivity contribution in [1.82, 2.24) is 10.2 Å². The van der Waals surface area contributed by atoms with E-state index in [-0.39, 0.29) is 29.5 Å². The van der Waals surface area contributed by atoms with Crippen molar-refractivity contribution in [3.63, 3.8) is 0 Å². The molecular formula is C35H38ClN3O5S. The minimum absolute atomic E-state index is 0.0374. The molecule has 8 nitrogen and oxygen atoms in total. The van der Waals surface area contributed by atoms with Crippen LogP contribution >= 0.6 is 11.6 Å². The molecule has 1 N–H and O–H groups in total. The zero-order valence-corrected chi connectivity index (χ0v) is 27.2. The maximum absolute atomic E-state index is 14.4. The van der Waals surface area contributed by atoms with Gasteiger partial charge in [0.05, 0.1) is 17.2 Å². The van der Waals surface area contributed by atoms with Gasteiger partial charge in [-0.2, -0.15) is 0 Å². The van der Waals surface area contributed by atoms with Crippen LogP contribution in [-0.2, 0) is 32.6 Å². The Morgan fingerprint density at radius 2 is 1.53 bits per heavy atom. The number of nitrogens with one attached hydrogen (secondary N) is 1. The molecule has 0 aliphatic carbocycles. The van der Waals surface area contributed by atoms with Crippen molar-refractivity contribution in [2.75, 3.05) is 24.0 Å². The summed E-state index contributed by atoms with van der Waals surface area (Å²) in [6, 6.07) is 28.5. The second-order valence-electron chi connectivity index (χ2n) is 10.5. The Labute approximate surface area is 270 Å². The van der Waals surface area contributed by atoms with E-state index in [1.807, 2.05) is 57.2 Å². The number of anilines is 1. The molecule has 2 amide bonds. The van der Waals surface area contributed by atoms with Crippen LogP contribution in [-0.4, -0.2) is 50.9 Å².